The van der Waals surface area contributed by atoms with E-state index >= 15 is 0 Å². The van der Waals surface area contributed by atoms with Gasteiger partial charge in [0.1, 0.15) is 5.75 Å². The van der Waals surface area contributed by atoms with Crippen molar-refractivity contribution in [1.82, 2.24) is 19.7 Å². The lowest BCUT2D eigenvalue weighted by molar-refractivity contribution is -0.113. The van der Waals surface area contributed by atoms with Gasteiger partial charge in [-0.2, -0.15) is 0 Å². The molecule has 0 aliphatic rings. The standard InChI is InChI=1S/C24H23Cl2N5O2S2/c1-13-6-5-7-20(14(13)2)33-15(3)22-29-30-24(31(22)4)35-12-21(32)28-23-27-19(11-34-23)17-9-8-16(25)10-18(17)26/h5-11,15H,12H2,1-4H3,(H,27,28,32). The van der Waals surface area contributed by atoms with E-state index < -0.39 is 0 Å². The summed E-state index contributed by atoms with van der Waals surface area (Å²) in [5.41, 5.74) is 3.69. The number of amides is 1. The lowest BCUT2D eigenvalue weighted by atomic mass is 10.1. The molecule has 35 heavy (non-hydrogen) atoms. The van der Waals surface area contributed by atoms with Crippen LogP contribution >= 0.6 is 46.3 Å². The van der Waals surface area contributed by atoms with Crippen LogP contribution in [0.5, 0.6) is 5.75 Å². The zero-order valence-corrected chi connectivity index (χ0v) is 22.6. The van der Waals surface area contributed by atoms with Crippen LogP contribution in [0.25, 0.3) is 11.3 Å². The number of thioether (sulfide) groups is 1. The number of thiazole rings is 1. The molecule has 4 aromatic rings. The average molecular weight is 549 g/mol. The minimum Gasteiger partial charge on any atom is -0.482 e. The van der Waals surface area contributed by atoms with Gasteiger partial charge in [0.25, 0.3) is 0 Å². The van der Waals surface area contributed by atoms with Crippen LogP contribution in [0.15, 0.2) is 46.9 Å². The van der Waals surface area contributed by atoms with Crippen LogP contribution in [0.4, 0.5) is 5.13 Å². The number of rotatable bonds is 8. The van der Waals surface area contributed by atoms with E-state index in [9.17, 15) is 4.79 Å². The number of nitrogens with zero attached hydrogens (tertiary/aromatic N) is 4. The van der Waals surface area contributed by atoms with Crippen LogP contribution in [0.1, 0.15) is 30.0 Å². The Morgan fingerprint density at radius 1 is 1.23 bits per heavy atom. The molecule has 0 saturated heterocycles. The Kier molecular flexibility index (Phi) is 8.01. The molecule has 0 radical (unpaired) electrons. The van der Waals surface area contributed by atoms with Crippen LogP contribution in [0.2, 0.25) is 10.0 Å². The number of carbonyl (C=O) groups is 1. The summed E-state index contributed by atoms with van der Waals surface area (Å²) >= 11 is 14.8. The second-order valence-electron chi connectivity index (χ2n) is 7.86. The summed E-state index contributed by atoms with van der Waals surface area (Å²) in [6, 6.07) is 11.2. The average Bonchev–Trinajstić information content (AvgIpc) is 3.42. The Hall–Kier alpha value is -2.59. The van der Waals surface area contributed by atoms with Crippen LogP contribution < -0.4 is 10.1 Å². The molecule has 1 N–H and O–H groups in total. The van der Waals surface area contributed by atoms with Gasteiger partial charge >= 0.3 is 0 Å². The smallest absolute Gasteiger partial charge is 0.236 e. The quantitative estimate of drug-likeness (QED) is 0.246. The fraction of sp³-hybridized carbons (Fsp3) is 0.250. The number of aryl methyl sites for hydroxylation is 1. The van der Waals surface area contributed by atoms with Gasteiger partial charge in [-0.1, -0.05) is 47.1 Å². The number of benzene rings is 2. The van der Waals surface area contributed by atoms with E-state index in [1.54, 1.807) is 18.2 Å². The van der Waals surface area contributed by atoms with Crippen molar-refractivity contribution in [1.29, 1.82) is 0 Å². The van der Waals surface area contributed by atoms with E-state index in [0.717, 1.165) is 16.9 Å². The second kappa shape index (κ2) is 11.0. The zero-order valence-electron chi connectivity index (χ0n) is 19.5. The van der Waals surface area contributed by atoms with Crippen LogP contribution in [-0.4, -0.2) is 31.4 Å². The Balaban J connectivity index is 1.35. The molecule has 7 nitrogen and oxygen atoms in total. The number of halogens is 2. The highest BCUT2D eigenvalue weighted by Gasteiger charge is 2.19. The molecule has 1 amide bonds. The fourth-order valence-electron chi connectivity index (χ4n) is 3.34. The van der Waals surface area contributed by atoms with Crippen molar-refractivity contribution in [2.24, 2.45) is 7.05 Å². The summed E-state index contributed by atoms with van der Waals surface area (Å²) in [5, 5.41) is 15.4. The Morgan fingerprint density at radius 2 is 2.03 bits per heavy atom. The van der Waals surface area contributed by atoms with Gasteiger partial charge in [-0.05, 0) is 56.2 Å². The molecule has 2 aromatic heterocycles. The summed E-state index contributed by atoms with van der Waals surface area (Å²) in [5.74, 6) is 1.46. The van der Waals surface area contributed by atoms with Crippen LogP contribution in [0.3, 0.4) is 0 Å². The van der Waals surface area contributed by atoms with Crippen molar-refractivity contribution >= 4 is 57.3 Å². The third kappa shape index (κ3) is 5.98. The van der Waals surface area contributed by atoms with Gasteiger partial charge < -0.3 is 14.6 Å². The first-order valence-corrected chi connectivity index (χ1v) is 13.3. The van der Waals surface area contributed by atoms with Crippen molar-refractivity contribution in [3.63, 3.8) is 0 Å². The molecule has 0 aliphatic carbocycles. The number of hydrogen-bond donors (Lipinski definition) is 1. The van der Waals surface area contributed by atoms with Crippen molar-refractivity contribution in [3.8, 4) is 17.0 Å². The Morgan fingerprint density at radius 3 is 2.80 bits per heavy atom. The van der Waals surface area contributed by atoms with E-state index in [1.807, 2.05) is 56.0 Å². The maximum absolute atomic E-state index is 12.5. The number of anilines is 1. The molecule has 0 aliphatic heterocycles. The topological polar surface area (TPSA) is 81.9 Å². The molecule has 0 spiro atoms. The minimum atomic E-state index is -0.301. The molecule has 182 valence electrons. The number of hydrogen-bond acceptors (Lipinski definition) is 7. The first kappa shape index (κ1) is 25.5. The largest absolute Gasteiger partial charge is 0.482 e. The van der Waals surface area contributed by atoms with Crippen molar-refractivity contribution in [2.45, 2.75) is 32.0 Å². The monoisotopic (exact) mass is 547 g/mol. The molecule has 2 heterocycles. The molecular weight excluding hydrogens is 525 g/mol. The molecule has 0 saturated carbocycles. The summed E-state index contributed by atoms with van der Waals surface area (Å²) in [7, 11) is 1.86. The molecule has 0 bridgehead atoms. The minimum absolute atomic E-state index is 0.162. The predicted molar refractivity (Wildman–Crippen MR) is 143 cm³/mol. The van der Waals surface area contributed by atoms with E-state index in [2.05, 4.69) is 20.5 Å². The second-order valence-corrected chi connectivity index (χ2v) is 10.5. The van der Waals surface area contributed by atoms with E-state index in [4.69, 9.17) is 27.9 Å². The summed E-state index contributed by atoms with van der Waals surface area (Å²) < 4.78 is 7.97. The first-order valence-electron chi connectivity index (χ1n) is 10.7. The van der Waals surface area contributed by atoms with Gasteiger partial charge in [0.05, 0.1) is 16.5 Å². The fourth-order valence-corrected chi connectivity index (χ4v) is 5.29. The summed E-state index contributed by atoms with van der Waals surface area (Å²) in [6.45, 7) is 6.01. The normalized spacial score (nSPS) is 11.9. The van der Waals surface area contributed by atoms with Gasteiger partial charge in [0, 0.05) is 23.0 Å². The lowest BCUT2D eigenvalue weighted by Crippen LogP contribution is -2.14. The van der Waals surface area contributed by atoms with E-state index in [-0.39, 0.29) is 17.8 Å². The number of nitrogens with one attached hydrogen (secondary N) is 1. The molecule has 2 aromatic carbocycles. The van der Waals surface area contributed by atoms with Gasteiger partial charge in [-0.15, -0.1) is 21.5 Å². The third-order valence-corrected chi connectivity index (χ3v) is 7.71. The molecule has 4 rings (SSSR count). The molecule has 11 heteroatoms. The van der Waals surface area contributed by atoms with Gasteiger partial charge in [-0.25, -0.2) is 4.98 Å². The zero-order chi connectivity index (χ0) is 25.1. The van der Waals surface area contributed by atoms with E-state index in [1.165, 1.54) is 28.7 Å². The molecular formula is C24H23Cl2N5O2S2. The highest BCUT2D eigenvalue weighted by Crippen LogP contribution is 2.32. The summed E-state index contributed by atoms with van der Waals surface area (Å²) in [6.07, 6.45) is -0.301. The SMILES string of the molecule is Cc1cccc(OC(C)c2nnc(SCC(=O)Nc3nc(-c4ccc(Cl)cc4Cl)cs3)n2C)c1C. The van der Waals surface area contributed by atoms with E-state index in [0.29, 0.717) is 31.9 Å². The maximum atomic E-state index is 12.5. The Labute approximate surface area is 221 Å². The van der Waals surface area contributed by atoms with Crippen molar-refractivity contribution in [3.05, 3.63) is 68.8 Å². The number of carbonyl (C=O) groups excluding carboxylic acids is 1. The maximum Gasteiger partial charge on any atom is 0.236 e. The number of ether oxygens (including phenoxy) is 1. The highest BCUT2D eigenvalue weighted by molar-refractivity contribution is 7.99. The molecule has 1 unspecified atom stereocenters. The van der Waals surface area contributed by atoms with Crippen LogP contribution in [-0.2, 0) is 11.8 Å². The lowest BCUT2D eigenvalue weighted by Gasteiger charge is -2.16. The third-order valence-electron chi connectivity index (χ3n) is 5.38. The predicted octanol–water partition coefficient (Wildman–Crippen LogP) is 6.73. The molecule has 1 atom stereocenters. The summed E-state index contributed by atoms with van der Waals surface area (Å²) in [4.78, 5) is 17.0. The van der Waals surface area contributed by atoms with Crippen molar-refractivity contribution in [2.75, 3.05) is 11.1 Å². The van der Waals surface area contributed by atoms with Gasteiger partial charge in [0.15, 0.2) is 22.2 Å². The van der Waals surface area contributed by atoms with Gasteiger partial charge in [-0.3, -0.25) is 4.79 Å². The first-order chi connectivity index (χ1) is 16.7. The highest BCUT2D eigenvalue weighted by atomic mass is 35.5. The van der Waals surface area contributed by atoms with Gasteiger partial charge in [0.2, 0.25) is 5.91 Å². The molecule has 0 fully saturated rings. The number of aromatic nitrogens is 4. The van der Waals surface area contributed by atoms with Crippen LogP contribution in [0, 0.1) is 13.8 Å². The van der Waals surface area contributed by atoms with Crippen molar-refractivity contribution < 1.29 is 9.53 Å². The Bertz CT molecular complexity index is 1370.